The summed E-state index contributed by atoms with van der Waals surface area (Å²) in [6, 6.07) is 19.5. The minimum atomic E-state index is -0.975. The maximum absolute atomic E-state index is 13.5. The van der Waals surface area contributed by atoms with Crippen molar-refractivity contribution in [3.05, 3.63) is 87.9 Å². The number of carbonyl (C=O) groups is 5. The molecule has 0 radical (unpaired) electrons. The van der Waals surface area contributed by atoms with Crippen LogP contribution >= 0.6 is 11.6 Å². The summed E-state index contributed by atoms with van der Waals surface area (Å²) in [6.07, 6.45) is 6.47. The molecule has 1 unspecified atom stereocenters. The number of carbonyl (C=O) groups excluding carboxylic acids is 5. The normalized spacial score (nSPS) is 24.7. The van der Waals surface area contributed by atoms with E-state index in [0.717, 1.165) is 67.9 Å². The maximum Gasteiger partial charge on any atom is 0.262 e. The number of imide groups is 2. The second-order valence-electron chi connectivity index (χ2n) is 18.0. The Bertz CT molecular complexity index is 2210. The molecule has 3 heterocycles. The van der Waals surface area contributed by atoms with Crippen molar-refractivity contribution in [2.45, 2.75) is 103 Å². The van der Waals surface area contributed by atoms with Crippen LogP contribution in [0, 0.1) is 27.6 Å². The number of benzene rings is 3. The number of rotatable bonds is 8. The number of hydrogen-bond acceptors (Lipinski definition) is 9. The first-order chi connectivity index (χ1) is 27.6. The Balaban J connectivity index is 0.811. The number of nitriles is 1. The second-order valence-corrected chi connectivity index (χ2v) is 18.4. The highest BCUT2D eigenvalue weighted by molar-refractivity contribution is 6.31. The number of anilines is 2. The Hall–Kier alpha value is -5.41. The van der Waals surface area contributed by atoms with E-state index in [9.17, 15) is 29.2 Å². The van der Waals surface area contributed by atoms with Crippen LogP contribution in [0.1, 0.15) is 116 Å². The van der Waals surface area contributed by atoms with Gasteiger partial charge in [-0.15, -0.1) is 0 Å². The molecule has 3 N–H and O–H groups in total. The van der Waals surface area contributed by atoms with Crippen molar-refractivity contribution in [1.82, 2.24) is 15.5 Å². The first-order valence-electron chi connectivity index (χ1n) is 20.2. The van der Waals surface area contributed by atoms with Crippen molar-refractivity contribution in [2.75, 3.05) is 23.3 Å². The number of nitrogens with one attached hydrogen (secondary N) is 3. The van der Waals surface area contributed by atoms with Gasteiger partial charge in [-0.1, -0.05) is 39.3 Å². The fourth-order valence-corrected chi connectivity index (χ4v) is 10.7. The zero-order valence-corrected chi connectivity index (χ0v) is 34.1. The molecule has 3 aliphatic heterocycles. The average Bonchev–Trinajstić information content (AvgIpc) is 3.45. The summed E-state index contributed by atoms with van der Waals surface area (Å²) >= 11 is 6.25. The van der Waals surface area contributed by atoms with Crippen molar-refractivity contribution in [2.24, 2.45) is 16.2 Å². The molecule has 2 aliphatic carbocycles. The van der Waals surface area contributed by atoms with Crippen LogP contribution in [0.4, 0.5) is 11.4 Å². The molecule has 2 saturated heterocycles. The summed E-state index contributed by atoms with van der Waals surface area (Å²) in [5.41, 5.74) is 3.05. The van der Waals surface area contributed by atoms with Crippen molar-refractivity contribution in [3.63, 3.8) is 0 Å². The third kappa shape index (κ3) is 6.97. The molecule has 5 amide bonds. The molecule has 5 aliphatic rings. The molecule has 1 atom stereocenters. The number of piperidine rings is 2. The van der Waals surface area contributed by atoms with Gasteiger partial charge in [0.2, 0.25) is 11.8 Å². The van der Waals surface area contributed by atoms with E-state index in [0.29, 0.717) is 39.1 Å². The van der Waals surface area contributed by atoms with Gasteiger partial charge in [0.15, 0.2) is 0 Å². The lowest BCUT2D eigenvalue weighted by atomic mass is 9.49. The highest BCUT2D eigenvalue weighted by Crippen LogP contribution is 2.56. The zero-order chi connectivity index (χ0) is 41.1. The third-order valence-corrected chi connectivity index (χ3v) is 13.9. The van der Waals surface area contributed by atoms with E-state index in [-0.39, 0.29) is 47.1 Å². The fourth-order valence-electron chi connectivity index (χ4n) is 10.5. The van der Waals surface area contributed by atoms with Crippen LogP contribution in [0.15, 0.2) is 60.7 Å². The van der Waals surface area contributed by atoms with E-state index in [4.69, 9.17) is 16.3 Å². The Kier molecular flexibility index (Phi) is 10.0. The first kappa shape index (κ1) is 39.4. The molecule has 0 bridgehead atoms. The Morgan fingerprint density at radius 1 is 0.862 bits per heavy atom. The maximum atomic E-state index is 13.5. The predicted molar refractivity (Wildman–Crippen MR) is 219 cm³/mol. The van der Waals surface area contributed by atoms with E-state index in [2.05, 4.69) is 54.6 Å². The van der Waals surface area contributed by atoms with E-state index < -0.39 is 29.7 Å². The number of nitrogens with zero attached hydrogens (tertiary/aromatic N) is 3. The number of halogens is 1. The minimum Gasteiger partial charge on any atom is -0.489 e. The summed E-state index contributed by atoms with van der Waals surface area (Å²) in [4.78, 5) is 67.4. The van der Waals surface area contributed by atoms with Gasteiger partial charge in [-0.05, 0) is 105 Å². The first-order valence-corrected chi connectivity index (χ1v) is 20.6. The zero-order valence-electron chi connectivity index (χ0n) is 33.3. The smallest absolute Gasteiger partial charge is 0.262 e. The molecule has 302 valence electrons. The topological polar surface area (TPSA) is 161 Å². The largest absolute Gasteiger partial charge is 0.489 e. The summed E-state index contributed by atoms with van der Waals surface area (Å²) in [6.45, 7) is 10.1. The van der Waals surface area contributed by atoms with Gasteiger partial charge in [0, 0.05) is 65.4 Å². The van der Waals surface area contributed by atoms with Gasteiger partial charge in [0.25, 0.3) is 17.7 Å². The lowest BCUT2D eigenvalue weighted by molar-refractivity contribution is -0.164. The van der Waals surface area contributed by atoms with Crippen molar-refractivity contribution in [1.29, 1.82) is 5.26 Å². The van der Waals surface area contributed by atoms with Crippen molar-refractivity contribution < 1.29 is 28.7 Å². The molecule has 8 rings (SSSR count). The van der Waals surface area contributed by atoms with Gasteiger partial charge in [-0.2, -0.15) is 5.26 Å². The number of fused-ring (bicyclic) bond motifs is 1. The van der Waals surface area contributed by atoms with Gasteiger partial charge in [0.05, 0.1) is 21.7 Å². The lowest BCUT2D eigenvalue weighted by Crippen LogP contribution is -2.74. The van der Waals surface area contributed by atoms with Crippen LogP contribution in [0.25, 0.3) is 0 Å². The summed E-state index contributed by atoms with van der Waals surface area (Å²) in [5.74, 6) is -1.51. The highest BCUT2D eigenvalue weighted by Gasteiger charge is 2.64. The van der Waals surface area contributed by atoms with Gasteiger partial charge >= 0.3 is 0 Å². The molecular formula is C45H49ClN6O6. The van der Waals surface area contributed by atoms with E-state index in [1.807, 2.05) is 30.3 Å². The van der Waals surface area contributed by atoms with Crippen LogP contribution in [-0.2, 0) is 9.59 Å². The molecule has 3 aromatic rings. The average molecular weight is 805 g/mol. The van der Waals surface area contributed by atoms with Crippen LogP contribution < -0.4 is 25.6 Å². The van der Waals surface area contributed by atoms with E-state index in [1.165, 1.54) is 0 Å². The Labute approximate surface area is 343 Å². The number of amides is 5. The summed E-state index contributed by atoms with van der Waals surface area (Å²) in [5, 5.41) is 18.8. The van der Waals surface area contributed by atoms with Crippen LogP contribution in [0.5, 0.6) is 5.75 Å². The third-order valence-electron chi connectivity index (χ3n) is 13.6. The van der Waals surface area contributed by atoms with E-state index >= 15 is 0 Å². The summed E-state index contributed by atoms with van der Waals surface area (Å²) in [7, 11) is 0. The van der Waals surface area contributed by atoms with Gasteiger partial charge in [0.1, 0.15) is 24.0 Å². The Morgan fingerprint density at radius 2 is 1.53 bits per heavy atom. The van der Waals surface area contributed by atoms with Crippen LogP contribution in [0.3, 0.4) is 0 Å². The summed E-state index contributed by atoms with van der Waals surface area (Å²) < 4.78 is 6.38. The number of ether oxygens (including phenoxy) is 1. The van der Waals surface area contributed by atoms with Crippen LogP contribution in [-0.4, -0.2) is 71.8 Å². The molecule has 12 nitrogen and oxygen atoms in total. The van der Waals surface area contributed by atoms with Crippen molar-refractivity contribution >= 4 is 52.5 Å². The standard InChI is InChI=1S/C45H49ClN6O6/c1-43(2)41(44(3,4)42(43)58-31-11-7-27(25-47)34(46)24-31)50-37(54)26-5-8-28(9-6-26)48-29-15-17-45(18-16-29)19-21-51(22-20-45)30-10-12-32-33(23-30)40(57)52(39(32)56)35-13-14-36(53)49-38(35)55/h5-12,23-24,29,35,41-42,48H,13-22H2,1-4H3,(H,50,54)(H,49,53,55). The minimum absolute atomic E-state index is 0.0902. The molecule has 3 aromatic carbocycles. The van der Waals surface area contributed by atoms with Gasteiger partial charge < -0.3 is 20.3 Å². The molecule has 0 aromatic heterocycles. The monoisotopic (exact) mass is 804 g/mol. The molecule has 58 heavy (non-hydrogen) atoms. The SMILES string of the molecule is CC1(C)C(NC(=O)c2ccc(NC3CCC4(CC3)CCN(c3ccc5c(c3)C(=O)N(C3CCC(=O)NC3=O)C5=O)CC4)cc2)C(C)(C)C1Oc1ccc(C#N)c(Cl)c1. The molecule has 4 fully saturated rings. The molecule has 2 saturated carbocycles. The second kappa shape index (κ2) is 14.8. The molecule has 13 heteroatoms. The Morgan fingerprint density at radius 3 is 2.17 bits per heavy atom. The van der Waals surface area contributed by atoms with Gasteiger partial charge in [-0.3, -0.25) is 34.2 Å². The van der Waals surface area contributed by atoms with Crippen molar-refractivity contribution in [3.8, 4) is 11.8 Å². The molecular weight excluding hydrogens is 756 g/mol. The lowest BCUT2D eigenvalue weighted by Gasteiger charge is -2.63. The van der Waals surface area contributed by atoms with Crippen LogP contribution in [0.2, 0.25) is 5.02 Å². The molecule has 1 spiro atoms. The van der Waals surface area contributed by atoms with E-state index in [1.54, 1.807) is 30.3 Å². The number of hydrogen-bond donors (Lipinski definition) is 3. The predicted octanol–water partition coefficient (Wildman–Crippen LogP) is 6.87. The fraction of sp³-hybridized carbons (Fsp3) is 0.467. The highest BCUT2D eigenvalue weighted by atomic mass is 35.5. The van der Waals surface area contributed by atoms with Gasteiger partial charge in [-0.25, -0.2) is 0 Å². The quantitative estimate of drug-likeness (QED) is 0.207.